The molecule has 1 aliphatic rings. The maximum Gasteiger partial charge on any atom is 0.244 e. The number of sulfone groups is 1. The zero-order chi connectivity index (χ0) is 21.6. The van der Waals surface area contributed by atoms with E-state index in [1.54, 1.807) is 4.68 Å². The van der Waals surface area contributed by atoms with Gasteiger partial charge >= 0.3 is 0 Å². The van der Waals surface area contributed by atoms with Crippen molar-refractivity contribution in [1.29, 1.82) is 0 Å². The number of carbonyl (C=O) groups is 1. The molecular weight excluding hydrogens is 402 g/mol. The smallest absolute Gasteiger partial charge is 0.244 e. The predicted molar refractivity (Wildman–Crippen MR) is 116 cm³/mol. The third kappa shape index (κ3) is 3.74. The van der Waals surface area contributed by atoms with Gasteiger partial charge in [-0.3, -0.25) is 9.48 Å². The molecule has 9 heteroatoms. The lowest BCUT2D eigenvalue weighted by Crippen LogP contribution is -2.21. The van der Waals surface area contributed by atoms with Gasteiger partial charge in [-0.05, 0) is 32.4 Å². The molecule has 8 nitrogen and oxygen atoms in total. The number of aryl methyl sites for hydroxylation is 1. The van der Waals surface area contributed by atoms with Crippen LogP contribution in [0.25, 0.3) is 11.0 Å². The van der Waals surface area contributed by atoms with Crippen LogP contribution in [0.15, 0.2) is 24.3 Å². The highest BCUT2D eigenvalue weighted by Crippen LogP contribution is 2.29. The third-order valence-corrected chi connectivity index (χ3v) is 7.40. The first-order chi connectivity index (χ1) is 14.2. The number of hydrogen-bond donors (Lipinski definition) is 1. The molecule has 2 aromatic heterocycles. The molecule has 1 aliphatic heterocycles. The monoisotopic (exact) mass is 429 g/mol. The fourth-order valence-corrected chi connectivity index (χ4v) is 5.88. The molecule has 0 bridgehead atoms. The van der Waals surface area contributed by atoms with Crippen molar-refractivity contribution in [2.45, 2.75) is 52.6 Å². The number of para-hydroxylation sites is 2. The summed E-state index contributed by atoms with van der Waals surface area (Å²) in [5, 5.41) is 7.51. The molecule has 1 fully saturated rings. The lowest BCUT2D eigenvalue weighted by molar-refractivity contribution is -0.116. The normalized spacial score (nSPS) is 18.4. The van der Waals surface area contributed by atoms with E-state index < -0.39 is 9.84 Å². The van der Waals surface area contributed by atoms with E-state index in [4.69, 9.17) is 0 Å². The molecule has 0 spiro atoms. The highest BCUT2D eigenvalue weighted by Gasteiger charge is 2.31. The number of hydrogen-bond acceptors (Lipinski definition) is 5. The Bertz CT molecular complexity index is 1220. The van der Waals surface area contributed by atoms with Gasteiger partial charge in [-0.15, -0.1) is 0 Å². The Morgan fingerprint density at radius 1 is 1.27 bits per heavy atom. The number of imidazole rings is 1. The fourth-order valence-electron chi connectivity index (χ4n) is 4.19. The third-order valence-electron chi connectivity index (χ3n) is 5.65. The van der Waals surface area contributed by atoms with Crippen LogP contribution >= 0.6 is 0 Å². The van der Waals surface area contributed by atoms with E-state index in [1.807, 2.05) is 42.7 Å². The minimum absolute atomic E-state index is 0.0983. The standard InChI is InChI=1S/C21H27N5O3S/c1-13(2)21-22-17-7-5-6-8-18(17)25(21)11-19(27)23-20-14(3)24-26(15(20)4)16-9-10-30(28,29)12-16/h5-8,13,16H,9-12H2,1-4H3,(H,23,27). The minimum atomic E-state index is -3.01. The fraction of sp³-hybridized carbons (Fsp3) is 0.476. The SMILES string of the molecule is Cc1nn(C2CCS(=O)(=O)C2)c(C)c1NC(=O)Cn1c(C(C)C)nc2ccccc21. The molecule has 1 amide bonds. The molecule has 1 unspecified atom stereocenters. The molecule has 1 atom stereocenters. The molecule has 4 rings (SSSR count). The second-order valence-corrected chi connectivity index (χ2v) is 10.5. The minimum Gasteiger partial charge on any atom is -0.321 e. The average Bonchev–Trinajstić information content (AvgIpc) is 3.31. The summed E-state index contributed by atoms with van der Waals surface area (Å²) in [7, 11) is -3.01. The second-order valence-electron chi connectivity index (χ2n) is 8.29. The molecule has 0 saturated carbocycles. The summed E-state index contributed by atoms with van der Waals surface area (Å²) in [6.07, 6.45) is 0.552. The van der Waals surface area contributed by atoms with Crippen LogP contribution in [0, 0.1) is 13.8 Å². The van der Waals surface area contributed by atoms with Crippen molar-refractivity contribution in [2.75, 3.05) is 16.8 Å². The van der Waals surface area contributed by atoms with E-state index in [0.29, 0.717) is 17.8 Å². The number of nitrogens with zero attached hydrogens (tertiary/aromatic N) is 4. The van der Waals surface area contributed by atoms with Crippen LogP contribution in [-0.4, -0.2) is 45.2 Å². The Morgan fingerprint density at radius 3 is 2.67 bits per heavy atom. The topological polar surface area (TPSA) is 98.9 Å². The summed E-state index contributed by atoms with van der Waals surface area (Å²) < 4.78 is 27.4. The van der Waals surface area contributed by atoms with Crippen molar-refractivity contribution in [3.05, 3.63) is 41.5 Å². The number of benzene rings is 1. The van der Waals surface area contributed by atoms with Gasteiger partial charge < -0.3 is 9.88 Å². The van der Waals surface area contributed by atoms with E-state index in [2.05, 4.69) is 29.2 Å². The number of rotatable bonds is 5. The lowest BCUT2D eigenvalue weighted by Gasteiger charge is -2.13. The maximum absolute atomic E-state index is 12.9. The zero-order valence-corrected chi connectivity index (χ0v) is 18.5. The average molecular weight is 430 g/mol. The summed E-state index contributed by atoms with van der Waals surface area (Å²) in [5.74, 6) is 1.17. The van der Waals surface area contributed by atoms with Gasteiger partial charge in [-0.2, -0.15) is 5.10 Å². The van der Waals surface area contributed by atoms with Crippen LogP contribution < -0.4 is 5.32 Å². The summed E-state index contributed by atoms with van der Waals surface area (Å²) in [5.41, 5.74) is 3.92. The Labute approximate surface area is 176 Å². The molecule has 3 aromatic rings. The summed E-state index contributed by atoms with van der Waals surface area (Å²) in [4.78, 5) is 17.6. The number of fused-ring (bicyclic) bond motifs is 1. The quantitative estimate of drug-likeness (QED) is 0.672. The van der Waals surface area contributed by atoms with E-state index in [0.717, 1.165) is 22.6 Å². The van der Waals surface area contributed by atoms with Crippen molar-refractivity contribution < 1.29 is 13.2 Å². The van der Waals surface area contributed by atoms with Gasteiger partial charge in [0.1, 0.15) is 12.4 Å². The number of aromatic nitrogens is 4. The first-order valence-corrected chi connectivity index (χ1v) is 12.0. The highest BCUT2D eigenvalue weighted by atomic mass is 32.2. The summed E-state index contributed by atoms with van der Waals surface area (Å²) in [6, 6.07) is 7.62. The Morgan fingerprint density at radius 2 is 2.00 bits per heavy atom. The Balaban J connectivity index is 1.59. The second kappa shape index (κ2) is 7.54. The van der Waals surface area contributed by atoms with Crippen LogP contribution in [-0.2, 0) is 21.2 Å². The van der Waals surface area contributed by atoms with Gasteiger partial charge in [0.05, 0.1) is 45.7 Å². The van der Waals surface area contributed by atoms with Gasteiger partial charge in [0, 0.05) is 5.92 Å². The molecule has 1 saturated heterocycles. The number of nitrogens with one attached hydrogen (secondary N) is 1. The summed E-state index contributed by atoms with van der Waals surface area (Å²) in [6.45, 7) is 7.96. The van der Waals surface area contributed by atoms with E-state index >= 15 is 0 Å². The van der Waals surface area contributed by atoms with E-state index in [1.165, 1.54) is 0 Å². The van der Waals surface area contributed by atoms with E-state index in [9.17, 15) is 13.2 Å². The molecule has 3 heterocycles. The van der Waals surface area contributed by atoms with Crippen molar-refractivity contribution in [3.8, 4) is 0 Å². The highest BCUT2D eigenvalue weighted by molar-refractivity contribution is 7.91. The molecule has 30 heavy (non-hydrogen) atoms. The van der Waals surface area contributed by atoms with Gasteiger partial charge in [-0.1, -0.05) is 26.0 Å². The number of anilines is 1. The van der Waals surface area contributed by atoms with Gasteiger partial charge in [0.15, 0.2) is 9.84 Å². The van der Waals surface area contributed by atoms with Crippen LogP contribution in [0.5, 0.6) is 0 Å². The zero-order valence-electron chi connectivity index (χ0n) is 17.7. The van der Waals surface area contributed by atoms with Gasteiger partial charge in [-0.25, -0.2) is 13.4 Å². The number of carbonyl (C=O) groups excluding carboxylic acids is 1. The van der Waals surface area contributed by atoms with Gasteiger partial charge in [0.25, 0.3) is 0 Å². The van der Waals surface area contributed by atoms with Crippen LogP contribution in [0.3, 0.4) is 0 Å². The van der Waals surface area contributed by atoms with Gasteiger partial charge in [0.2, 0.25) is 5.91 Å². The Hall–Kier alpha value is -2.68. The molecule has 1 aromatic carbocycles. The first-order valence-electron chi connectivity index (χ1n) is 10.2. The predicted octanol–water partition coefficient (Wildman–Crippen LogP) is 2.97. The molecule has 160 valence electrons. The van der Waals surface area contributed by atoms with Crippen molar-refractivity contribution >= 4 is 32.5 Å². The van der Waals surface area contributed by atoms with Crippen LogP contribution in [0.4, 0.5) is 5.69 Å². The van der Waals surface area contributed by atoms with Crippen molar-refractivity contribution in [1.82, 2.24) is 19.3 Å². The van der Waals surface area contributed by atoms with Crippen LogP contribution in [0.2, 0.25) is 0 Å². The van der Waals surface area contributed by atoms with E-state index in [-0.39, 0.29) is 35.9 Å². The van der Waals surface area contributed by atoms with Crippen LogP contribution in [0.1, 0.15) is 49.4 Å². The molecule has 1 N–H and O–H groups in total. The first kappa shape index (κ1) is 20.6. The largest absolute Gasteiger partial charge is 0.321 e. The number of amides is 1. The summed E-state index contributed by atoms with van der Waals surface area (Å²) >= 11 is 0. The Kier molecular flexibility index (Phi) is 5.17. The molecule has 0 aliphatic carbocycles. The molecule has 0 radical (unpaired) electrons. The van der Waals surface area contributed by atoms with Crippen molar-refractivity contribution in [2.24, 2.45) is 0 Å². The maximum atomic E-state index is 12.9. The lowest BCUT2D eigenvalue weighted by atomic mass is 10.2. The van der Waals surface area contributed by atoms with Crippen molar-refractivity contribution in [3.63, 3.8) is 0 Å². The molecular formula is C21H27N5O3S.